The molecule has 7 heteroatoms. The highest BCUT2D eigenvalue weighted by Gasteiger charge is 2.51. The minimum absolute atomic E-state index is 0.0178. The van der Waals surface area contributed by atoms with E-state index in [4.69, 9.17) is 0 Å². The van der Waals surface area contributed by atoms with E-state index in [1.165, 1.54) is 6.07 Å². The molecule has 2 N–H and O–H groups in total. The lowest BCUT2D eigenvalue weighted by Crippen LogP contribution is -2.39. The molecule has 1 aromatic heterocycles. The summed E-state index contributed by atoms with van der Waals surface area (Å²) in [5.74, 6) is 0.545. The molecule has 0 spiro atoms. The Hall–Kier alpha value is -1.63. The van der Waals surface area contributed by atoms with Crippen LogP contribution in [0, 0.1) is 18.8 Å². The number of hydrogen-bond acceptors (Lipinski definition) is 3. The van der Waals surface area contributed by atoms with Gasteiger partial charge in [0.05, 0.1) is 6.04 Å². The van der Waals surface area contributed by atoms with Crippen molar-refractivity contribution in [3.8, 4) is 0 Å². The van der Waals surface area contributed by atoms with Gasteiger partial charge in [0, 0.05) is 0 Å². The Morgan fingerprint density at radius 1 is 1.45 bits per heavy atom. The lowest BCUT2D eigenvalue weighted by Gasteiger charge is -2.15. The van der Waals surface area contributed by atoms with Crippen LogP contribution in [-0.2, 0) is 11.0 Å². The van der Waals surface area contributed by atoms with Gasteiger partial charge in [-0.3, -0.25) is 4.79 Å². The van der Waals surface area contributed by atoms with Crippen LogP contribution in [0.1, 0.15) is 17.7 Å². The van der Waals surface area contributed by atoms with Crippen molar-refractivity contribution in [3.63, 3.8) is 0 Å². The summed E-state index contributed by atoms with van der Waals surface area (Å²) in [5.41, 5.74) is -0.487. The van der Waals surface area contributed by atoms with E-state index in [0.717, 1.165) is 19.0 Å². The highest BCUT2D eigenvalue weighted by Crippen LogP contribution is 2.45. The first-order valence-electron chi connectivity index (χ1n) is 6.45. The number of alkyl halides is 3. The first kappa shape index (κ1) is 13.4. The van der Waals surface area contributed by atoms with Crippen molar-refractivity contribution < 1.29 is 18.0 Å². The molecule has 4 nitrogen and oxygen atoms in total. The van der Waals surface area contributed by atoms with Gasteiger partial charge in [0.1, 0.15) is 11.5 Å². The maximum absolute atomic E-state index is 12.6. The highest BCUT2D eigenvalue weighted by molar-refractivity contribution is 5.95. The maximum Gasteiger partial charge on any atom is 0.433 e. The molecule has 1 amide bonds. The van der Waals surface area contributed by atoms with Gasteiger partial charge in [-0.05, 0) is 43.4 Å². The fourth-order valence-corrected chi connectivity index (χ4v) is 2.64. The van der Waals surface area contributed by atoms with Gasteiger partial charge in [0.25, 0.3) is 0 Å². The summed E-state index contributed by atoms with van der Waals surface area (Å²) in [6, 6.07) is 1.92. The molecule has 3 unspecified atom stereocenters. The summed E-state index contributed by atoms with van der Waals surface area (Å²) in [5, 5.41) is 5.59. The number of anilines is 1. The standard InChI is InChI=1S/C13H14F3N3O/c1-6-2-3-9(13(14,15)16)18-11(6)19-12(20)10-8-4-7(8)5-17-10/h2-3,7-8,10,17H,4-5H2,1H3,(H,18,19,20). The van der Waals surface area contributed by atoms with E-state index in [1.54, 1.807) is 6.92 Å². The summed E-state index contributed by atoms with van der Waals surface area (Å²) < 4.78 is 37.9. The SMILES string of the molecule is Cc1ccc(C(F)(F)F)nc1NC(=O)C1NCC2CC21. The molecule has 2 heterocycles. The van der Waals surface area contributed by atoms with E-state index in [1.807, 2.05) is 0 Å². The van der Waals surface area contributed by atoms with Gasteiger partial charge in [0.15, 0.2) is 0 Å². The normalized spacial score (nSPS) is 28.1. The Morgan fingerprint density at radius 3 is 2.75 bits per heavy atom. The minimum atomic E-state index is -4.51. The smallest absolute Gasteiger partial charge is 0.309 e. The van der Waals surface area contributed by atoms with Crippen molar-refractivity contribution in [1.29, 1.82) is 0 Å². The third kappa shape index (κ3) is 2.37. The number of nitrogens with zero attached hydrogens (tertiary/aromatic N) is 1. The second-order valence-corrected chi connectivity index (χ2v) is 5.39. The van der Waals surface area contributed by atoms with Crippen LogP contribution in [0.5, 0.6) is 0 Å². The van der Waals surface area contributed by atoms with Crippen LogP contribution in [0.4, 0.5) is 19.0 Å². The Morgan fingerprint density at radius 2 is 2.20 bits per heavy atom. The van der Waals surface area contributed by atoms with Gasteiger partial charge < -0.3 is 10.6 Å². The van der Waals surface area contributed by atoms with Crippen molar-refractivity contribution in [2.45, 2.75) is 25.6 Å². The lowest BCUT2D eigenvalue weighted by molar-refractivity contribution is -0.141. The lowest BCUT2D eigenvalue weighted by atomic mass is 10.2. The van der Waals surface area contributed by atoms with E-state index >= 15 is 0 Å². The van der Waals surface area contributed by atoms with Crippen molar-refractivity contribution in [2.24, 2.45) is 11.8 Å². The van der Waals surface area contributed by atoms with Crippen molar-refractivity contribution in [1.82, 2.24) is 10.3 Å². The number of nitrogens with one attached hydrogen (secondary N) is 2. The largest absolute Gasteiger partial charge is 0.433 e. The van der Waals surface area contributed by atoms with Crippen LogP contribution in [0.2, 0.25) is 0 Å². The van der Waals surface area contributed by atoms with Gasteiger partial charge in [-0.25, -0.2) is 4.98 Å². The second kappa shape index (κ2) is 4.44. The molecular formula is C13H14F3N3O. The molecule has 1 saturated carbocycles. The number of pyridine rings is 1. The van der Waals surface area contributed by atoms with Crippen LogP contribution < -0.4 is 10.6 Å². The van der Waals surface area contributed by atoms with Gasteiger partial charge >= 0.3 is 6.18 Å². The number of carbonyl (C=O) groups is 1. The predicted octanol–water partition coefficient (Wildman–Crippen LogP) is 1.96. The molecule has 1 saturated heterocycles. The summed E-state index contributed by atoms with van der Waals surface area (Å²) >= 11 is 0. The fourth-order valence-electron chi connectivity index (χ4n) is 2.64. The zero-order valence-electron chi connectivity index (χ0n) is 10.8. The molecule has 0 radical (unpaired) electrons. The first-order chi connectivity index (χ1) is 9.36. The van der Waals surface area contributed by atoms with Crippen molar-refractivity contribution in [2.75, 3.05) is 11.9 Å². The summed E-state index contributed by atoms with van der Waals surface area (Å²) in [7, 11) is 0. The van der Waals surface area contributed by atoms with Crippen LogP contribution in [0.25, 0.3) is 0 Å². The number of rotatable bonds is 2. The zero-order valence-corrected chi connectivity index (χ0v) is 10.8. The molecule has 20 heavy (non-hydrogen) atoms. The van der Waals surface area contributed by atoms with Crippen LogP contribution in [-0.4, -0.2) is 23.5 Å². The summed E-state index contributed by atoms with van der Waals surface area (Å²) in [6.45, 7) is 2.42. The van der Waals surface area contributed by atoms with E-state index in [-0.39, 0.29) is 17.8 Å². The molecule has 3 rings (SSSR count). The van der Waals surface area contributed by atoms with E-state index < -0.39 is 11.9 Å². The number of carbonyl (C=O) groups excluding carboxylic acids is 1. The van der Waals surface area contributed by atoms with Crippen LogP contribution >= 0.6 is 0 Å². The number of halogens is 3. The molecule has 1 aromatic rings. The third-order valence-electron chi connectivity index (χ3n) is 3.92. The molecule has 108 valence electrons. The second-order valence-electron chi connectivity index (χ2n) is 5.39. The van der Waals surface area contributed by atoms with Gasteiger partial charge in [-0.15, -0.1) is 0 Å². The average molecular weight is 285 g/mol. The summed E-state index contributed by atoms with van der Waals surface area (Å²) in [6.07, 6.45) is -3.50. The van der Waals surface area contributed by atoms with E-state index in [0.29, 0.717) is 17.4 Å². The number of fused-ring (bicyclic) bond motifs is 1. The van der Waals surface area contributed by atoms with E-state index in [2.05, 4.69) is 15.6 Å². The topological polar surface area (TPSA) is 54.0 Å². The molecule has 2 aliphatic rings. The number of aromatic nitrogens is 1. The first-order valence-corrected chi connectivity index (χ1v) is 6.45. The number of aryl methyl sites for hydroxylation is 1. The van der Waals surface area contributed by atoms with Gasteiger partial charge in [-0.2, -0.15) is 13.2 Å². The van der Waals surface area contributed by atoms with Gasteiger partial charge in [-0.1, -0.05) is 6.07 Å². The summed E-state index contributed by atoms with van der Waals surface area (Å²) in [4.78, 5) is 15.6. The Kier molecular flexibility index (Phi) is 2.97. The number of amides is 1. The molecule has 0 aromatic carbocycles. The minimum Gasteiger partial charge on any atom is -0.309 e. The Balaban J connectivity index is 1.77. The molecule has 0 bridgehead atoms. The van der Waals surface area contributed by atoms with Crippen LogP contribution in [0.15, 0.2) is 12.1 Å². The van der Waals surface area contributed by atoms with Crippen molar-refractivity contribution in [3.05, 3.63) is 23.4 Å². The highest BCUT2D eigenvalue weighted by atomic mass is 19.4. The van der Waals surface area contributed by atoms with Crippen molar-refractivity contribution >= 4 is 11.7 Å². The monoisotopic (exact) mass is 285 g/mol. The zero-order chi connectivity index (χ0) is 14.5. The third-order valence-corrected chi connectivity index (χ3v) is 3.92. The maximum atomic E-state index is 12.6. The Bertz CT molecular complexity index is 558. The fraction of sp³-hybridized carbons (Fsp3) is 0.538. The molecule has 1 aliphatic heterocycles. The number of piperidine rings is 1. The van der Waals surface area contributed by atoms with E-state index in [9.17, 15) is 18.0 Å². The van der Waals surface area contributed by atoms with Crippen LogP contribution in [0.3, 0.4) is 0 Å². The molecule has 1 aliphatic carbocycles. The molecule has 3 atom stereocenters. The average Bonchev–Trinajstić information content (AvgIpc) is 3.01. The Labute approximate surface area is 113 Å². The molecular weight excluding hydrogens is 271 g/mol. The van der Waals surface area contributed by atoms with Gasteiger partial charge in [0.2, 0.25) is 5.91 Å². The quantitative estimate of drug-likeness (QED) is 0.873. The predicted molar refractivity (Wildman–Crippen MR) is 66.0 cm³/mol. The number of hydrogen-bond donors (Lipinski definition) is 2. The molecule has 2 fully saturated rings.